The molecule has 0 atom stereocenters. The lowest BCUT2D eigenvalue weighted by molar-refractivity contribution is -0.384. The lowest BCUT2D eigenvalue weighted by Crippen LogP contribution is -2.21. The molecule has 0 aliphatic carbocycles. The molecule has 1 aromatic heterocycles. The molecule has 0 amide bonds. The van der Waals surface area contributed by atoms with E-state index in [1.165, 1.54) is 12.1 Å². The number of nitro groups is 1. The van der Waals surface area contributed by atoms with Crippen molar-refractivity contribution < 1.29 is 4.92 Å². The molecule has 118 valence electrons. The number of aromatic nitrogens is 2. The van der Waals surface area contributed by atoms with Gasteiger partial charge >= 0.3 is 0 Å². The molecule has 23 heavy (non-hydrogen) atoms. The first-order chi connectivity index (χ1) is 11.1. The number of rotatable bonds is 4. The fourth-order valence-corrected chi connectivity index (χ4v) is 3.19. The minimum atomic E-state index is -0.437. The highest BCUT2D eigenvalue weighted by Crippen LogP contribution is 2.32. The third kappa shape index (κ3) is 3.01. The van der Waals surface area contributed by atoms with Crippen LogP contribution in [0.5, 0.6) is 0 Å². The molecule has 9 nitrogen and oxygen atoms in total. The van der Waals surface area contributed by atoms with E-state index in [-0.39, 0.29) is 11.6 Å². The first-order valence-electron chi connectivity index (χ1n) is 6.66. The minimum absolute atomic E-state index is 0.0330. The maximum Gasteiger partial charge on any atom is 0.269 e. The Balaban J connectivity index is 2.03. The highest BCUT2D eigenvalue weighted by molar-refractivity contribution is 7.99. The number of imidazole rings is 1. The predicted molar refractivity (Wildman–Crippen MR) is 88.4 cm³/mol. The van der Waals surface area contributed by atoms with Crippen molar-refractivity contribution in [3.8, 4) is 11.3 Å². The van der Waals surface area contributed by atoms with E-state index in [1.807, 2.05) is 4.57 Å². The van der Waals surface area contributed by atoms with Crippen LogP contribution in [0.25, 0.3) is 11.3 Å². The number of nitrogens with two attached hydrogens (primary N) is 2. The van der Waals surface area contributed by atoms with Gasteiger partial charge in [-0.05, 0) is 12.1 Å². The van der Waals surface area contributed by atoms with Crippen molar-refractivity contribution in [2.45, 2.75) is 11.7 Å². The topological polar surface area (TPSA) is 138 Å². The van der Waals surface area contributed by atoms with Crippen LogP contribution in [0.2, 0.25) is 0 Å². The van der Waals surface area contributed by atoms with E-state index in [1.54, 1.807) is 30.1 Å². The van der Waals surface area contributed by atoms with Gasteiger partial charge in [0.05, 0.1) is 22.5 Å². The fourth-order valence-electron chi connectivity index (χ4n) is 2.23. The monoisotopic (exact) mass is 331 g/mol. The minimum Gasteiger partial charge on any atom is -0.369 e. The van der Waals surface area contributed by atoms with Gasteiger partial charge < -0.3 is 16.0 Å². The summed E-state index contributed by atoms with van der Waals surface area (Å²) in [5, 5.41) is 19.1. The van der Waals surface area contributed by atoms with Gasteiger partial charge in [-0.3, -0.25) is 10.1 Å². The molecule has 0 saturated carbocycles. The zero-order valence-corrected chi connectivity index (χ0v) is 12.7. The summed E-state index contributed by atoms with van der Waals surface area (Å²) in [4.78, 5) is 14.9. The number of non-ortho nitro benzene ring substituents is 1. The maximum atomic E-state index is 10.8. The van der Waals surface area contributed by atoms with Gasteiger partial charge in [0.25, 0.3) is 5.69 Å². The molecule has 1 aromatic carbocycles. The molecule has 0 radical (unpaired) electrons. The molecule has 10 heteroatoms. The molecular weight excluding hydrogens is 318 g/mol. The fraction of sp³-hybridized carbons (Fsp3) is 0.154. The first-order valence-corrected chi connectivity index (χ1v) is 7.65. The lowest BCUT2D eigenvalue weighted by Gasteiger charge is -2.02. The summed E-state index contributed by atoms with van der Waals surface area (Å²) in [7, 11) is 0. The Hall–Kier alpha value is -2.88. The Labute approximate surface area is 135 Å². The second-order valence-corrected chi connectivity index (χ2v) is 5.76. The van der Waals surface area contributed by atoms with Crippen molar-refractivity contribution in [2.75, 3.05) is 5.75 Å². The summed E-state index contributed by atoms with van der Waals surface area (Å²) >= 11 is 1.64. The Morgan fingerprint density at radius 1 is 1.39 bits per heavy atom. The van der Waals surface area contributed by atoms with Crippen LogP contribution in [-0.2, 0) is 6.54 Å². The van der Waals surface area contributed by atoms with Crippen molar-refractivity contribution in [1.29, 1.82) is 0 Å². The standard InChI is InChI=1S/C13H13N7O2S/c14-12(15)18-16-7-10-11(17-13-19(10)5-6-23-13)8-1-3-9(4-2-8)20(21)22/h1-4,7H,5-6H2,(H4,14,15,18)/b16-7+. The molecule has 4 N–H and O–H groups in total. The largest absolute Gasteiger partial charge is 0.369 e. The van der Waals surface area contributed by atoms with Gasteiger partial charge in [0, 0.05) is 30.0 Å². The van der Waals surface area contributed by atoms with Crippen LogP contribution in [0.1, 0.15) is 5.69 Å². The molecule has 0 spiro atoms. The van der Waals surface area contributed by atoms with Crippen LogP contribution in [0.3, 0.4) is 0 Å². The third-order valence-corrected chi connectivity index (χ3v) is 4.18. The molecule has 3 rings (SSSR count). The number of hydrogen-bond acceptors (Lipinski definition) is 6. The molecule has 1 aliphatic heterocycles. The summed E-state index contributed by atoms with van der Waals surface area (Å²) in [6.07, 6.45) is 1.54. The van der Waals surface area contributed by atoms with E-state index in [0.29, 0.717) is 5.69 Å². The molecular formula is C13H13N7O2S. The molecule has 2 heterocycles. The van der Waals surface area contributed by atoms with Gasteiger partial charge in [-0.15, -0.1) is 5.10 Å². The van der Waals surface area contributed by atoms with E-state index in [0.717, 1.165) is 28.7 Å². The molecule has 0 bridgehead atoms. The summed E-state index contributed by atoms with van der Waals surface area (Å²) in [5.74, 6) is 0.806. The molecule has 1 aliphatic rings. The molecule has 0 unspecified atom stereocenters. The first kappa shape index (κ1) is 15.0. The van der Waals surface area contributed by atoms with E-state index in [4.69, 9.17) is 11.5 Å². The summed E-state index contributed by atoms with van der Waals surface area (Å²) in [6.45, 7) is 0.809. The van der Waals surface area contributed by atoms with E-state index >= 15 is 0 Å². The number of fused-ring (bicyclic) bond motifs is 1. The van der Waals surface area contributed by atoms with Crippen molar-refractivity contribution in [3.05, 3.63) is 40.1 Å². The average Bonchev–Trinajstić information content (AvgIpc) is 3.09. The normalized spacial score (nSPS) is 13.2. The van der Waals surface area contributed by atoms with Crippen LogP contribution in [0.4, 0.5) is 5.69 Å². The van der Waals surface area contributed by atoms with Gasteiger partial charge in [0.2, 0.25) is 5.96 Å². The summed E-state index contributed by atoms with van der Waals surface area (Å²) in [6, 6.07) is 6.23. The second-order valence-electron chi connectivity index (χ2n) is 4.70. The Kier molecular flexibility index (Phi) is 3.98. The SMILES string of the molecule is NC(N)=N/N=C/c1c(-c2ccc([N+](=O)[O-])cc2)nc2n1CCS2. The van der Waals surface area contributed by atoms with Crippen LogP contribution in [0, 0.1) is 10.1 Å². The van der Waals surface area contributed by atoms with Gasteiger partial charge in [-0.25, -0.2) is 4.98 Å². The summed E-state index contributed by atoms with van der Waals surface area (Å²) in [5.41, 5.74) is 12.8. The number of benzene rings is 1. The van der Waals surface area contributed by atoms with Gasteiger partial charge in [0.15, 0.2) is 5.16 Å². The highest BCUT2D eigenvalue weighted by Gasteiger charge is 2.22. The van der Waals surface area contributed by atoms with Gasteiger partial charge in [-0.1, -0.05) is 11.8 Å². The molecule has 0 saturated heterocycles. The number of thioether (sulfide) groups is 1. The number of nitro benzene ring substituents is 1. The number of guanidine groups is 1. The van der Waals surface area contributed by atoms with E-state index in [2.05, 4.69) is 15.2 Å². The average molecular weight is 331 g/mol. The van der Waals surface area contributed by atoms with Crippen molar-refractivity contribution >= 4 is 29.6 Å². The van der Waals surface area contributed by atoms with Crippen molar-refractivity contribution in [2.24, 2.45) is 21.7 Å². The van der Waals surface area contributed by atoms with Crippen molar-refractivity contribution in [1.82, 2.24) is 9.55 Å². The van der Waals surface area contributed by atoms with E-state index in [9.17, 15) is 10.1 Å². The lowest BCUT2D eigenvalue weighted by atomic mass is 10.1. The second kappa shape index (κ2) is 6.08. The predicted octanol–water partition coefficient (Wildman–Crippen LogP) is 1.17. The number of hydrogen-bond donors (Lipinski definition) is 2. The zero-order chi connectivity index (χ0) is 16.4. The van der Waals surface area contributed by atoms with Gasteiger partial charge in [-0.2, -0.15) is 5.10 Å². The van der Waals surface area contributed by atoms with Crippen LogP contribution >= 0.6 is 11.8 Å². The van der Waals surface area contributed by atoms with E-state index < -0.39 is 4.92 Å². The zero-order valence-electron chi connectivity index (χ0n) is 11.9. The van der Waals surface area contributed by atoms with Crippen molar-refractivity contribution in [3.63, 3.8) is 0 Å². The summed E-state index contributed by atoms with van der Waals surface area (Å²) < 4.78 is 2.02. The molecule has 0 fully saturated rings. The van der Waals surface area contributed by atoms with Crippen LogP contribution in [-0.4, -0.2) is 32.4 Å². The number of nitrogens with zero attached hydrogens (tertiary/aromatic N) is 5. The van der Waals surface area contributed by atoms with Crippen LogP contribution < -0.4 is 11.5 Å². The van der Waals surface area contributed by atoms with Crippen LogP contribution in [0.15, 0.2) is 39.6 Å². The highest BCUT2D eigenvalue weighted by atomic mass is 32.2. The smallest absolute Gasteiger partial charge is 0.269 e. The Morgan fingerprint density at radius 2 is 2.13 bits per heavy atom. The molecule has 2 aromatic rings. The Bertz CT molecular complexity index is 806. The van der Waals surface area contributed by atoms with Gasteiger partial charge in [0.1, 0.15) is 0 Å². The maximum absolute atomic E-state index is 10.8. The Morgan fingerprint density at radius 3 is 2.78 bits per heavy atom. The third-order valence-electron chi connectivity index (χ3n) is 3.22. The quantitative estimate of drug-likeness (QED) is 0.373.